The predicted octanol–water partition coefficient (Wildman–Crippen LogP) is 6.14. The van der Waals surface area contributed by atoms with Gasteiger partial charge in [0.2, 0.25) is 0 Å². The molecular weight excluding hydrogens is 648 g/mol. The van der Waals surface area contributed by atoms with E-state index in [1.54, 1.807) is 46.9 Å². The first-order valence-electron chi connectivity index (χ1n) is 14.5. The molecule has 1 aliphatic heterocycles. The largest absolute Gasteiger partial charge is 0.497 e. The molecular formula is C33H32BrClN4O5. The van der Waals surface area contributed by atoms with Gasteiger partial charge in [-0.25, -0.2) is 4.79 Å². The van der Waals surface area contributed by atoms with E-state index in [-0.39, 0.29) is 48.6 Å². The molecule has 11 heteroatoms. The highest BCUT2D eigenvalue weighted by molar-refractivity contribution is 9.10. The van der Waals surface area contributed by atoms with Crippen molar-refractivity contribution in [3.63, 3.8) is 0 Å². The molecule has 1 saturated carbocycles. The summed E-state index contributed by atoms with van der Waals surface area (Å²) >= 11 is 9.67. The second-order valence-corrected chi connectivity index (χ2v) is 12.5. The smallest absolute Gasteiger partial charge is 0.333 e. The van der Waals surface area contributed by atoms with Gasteiger partial charge in [-0.3, -0.25) is 18.7 Å². The molecule has 1 aromatic heterocycles. The SMILES string of the molecule is COc1ccc([C@@H](C)NC(=O)c2c3n(c(=O)n2-c2ccc(OC4CC4)cc2)CC(C)N(C(=O)c2ccc(Br)c(Cl)c2)C3)cc1. The normalized spacial score (nSPS) is 16.7. The third-order valence-electron chi connectivity index (χ3n) is 8.07. The van der Waals surface area contributed by atoms with Crippen molar-refractivity contribution in [3.05, 3.63) is 109 Å². The molecule has 1 fully saturated rings. The van der Waals surface area contributed by atoms with Crippen LogP contribution in [0.25, 0.3) is 5.69 Å². The van der Waals surface area contributed by atoms with E-state index in [4.69, 9.17) is 21.1 Å². The molecule has 1 unspecified atom stereocenters. The van der Waals surface area contributed by atoms with Crippen molar-refractivity contribution in [2.24, 2.45) is 0 Å². The Morgan fingerprint density at radius 2 is 1.70 bits per heavy atom. The second kappa shape index (κ2) is 12.2. The van der Waals surface area contributed by atoms with Gasteiger partial charge in [-0.05, 0) is 103 Å². The summed E-state index contributed by atoms with van der Waals surface area (Å²) < 4.78 is 14.9. The molecule has 0 radical (unpaired) electrons. The molecule has 4 aromatic rings. The van der Waals surface area contributed by atoms with Gasteiger partial charge in [-0.2, -0.15) is 0 Å². The zero-order chi connectivity index (χ0) is 31.1. The lowest BCUT2D eigenvalue weighted by Crippen LogP contribution is -2.47. The van der Waals surface area contributed by atoms with Gasteiger partial charge in [0.15, 0.2) is 0 Å². The van der Waals surface area contributed by atoms with Crippen LogP contribution in [0, 0.1) is 0 Å². The summed E-state index contributed by atoms with van der Waals surface area (Å²) in [5, 5.41) is 3.49. The average Bonchev–Trinajstić information content (AvgIpc) is 3.80. The number of aromatic nitrogens is 2. The summed E-state index contributed by atoms with van der Waals surface area (Å²) in [5.41, 5.74) is 2.13. The van der Waals surface area contributed by atoms with Gasteiger partial charge in [-0.1, -0.05) is 23.7 Å². The standard InChI is InChI=1S/C33H32BrClN4O5/c1-19-17-38-29(18-37(19)32(41)22-6-15-27(34)28(35)16-22)30(31(40)36-20(2)21-4-9-24(43-3)10-5-21)39(33(38)42)23-7-11-25(12-8-23)44-26-13-14-26/h4-12,15-16,19-20,26H,13-14,17-18H2,1-3H3,(H,36,40)/t19?,20-/m1/s1. The maximum atomic E-state index is 14.1. The Balaban J connectivity index is 1.39. The molecule has 228 valence electrons. The molecule has 2 heterocycles. The fourth-order valence-electron chi connectivity index (χ4n) is 5.45. The number of nitrogens with zero attached hydrogens (tertiary/aromatic N) is 3. The van der Waals surface area contributed by atoms with E-state index < -0.39 is 5.91 Å². The predicted molar refractivity (Wildman–Crippen MR) is 171 cm³/mol. The van der Waals surface area contributed by atoms with Crippen molar-refractivity contribution in [2.45, 2.75) is 58.0 Å². The Kier molecular flexibility index (Phi) is 8.30. The van der Waals surface area contributed by atoms with Gasteiger partial charge in [0, 0.05) is 22.6 Å². The Bertz CT molecular complexity index is 1780. The van der Waals surface area contributed by atoms with Gasteiger partial charge >= 0.3 is 5.69 Å². The van der Waals surface area contributed by atoms with Gasteiger partial charge in [0.1, 0.15) is 17.2 Å². The van der Waals surface area contributed by atoms with Crippen LogP contribution < -0.4 is 20.5 Å². The lowest BCUT2D eigenvalue weighted by Gasteiger charge is -2.34. The number of halogens is 2. The number of carbonyl (C=O) groups excluding carboxylic acids is 2. The number of fused-ring (bicyclic) bond motifs is 1. The fourth-order valence-corrected chi connectivity index (χ4v) is 5.88. The van der Waals surface area contributed by atoms with Crippen LogP contribution in [0.5, 0.6) is 11.5 Å². The Labute approximate surface area is 268 Å². The van der Waals surface area contributed by atoms with Crippen molar-refractivity contribution in [1.82, 2.24) is 19.4 Å². The Morgan fingerprint density at radius 3 is 2.34 bits per heavy atom. The van der Waals surface area contributed by atoms with Crippen LogP contribution >= 0.6 is 27.5 Å². The number of hydrogen-bond donors (Lipinski definition) is 1. The zero-order valence-corrected chi connectivity index (χ0v) is 26.9. The number of benzene rings is 3. The topological polar surface area (TPSA) is 94.8 Å². The van der Waals surface area contributed by atoms with Gasteiger partial charge in [0.25, 0.3) is 11.8 Å². The number of ether oxygens (including phenoxy) is 2. The minimum absolute atomic E-state index is 0.0679. The van der Waals surface area contributed by atoms with Gasteiger partial charge in [-0.15, -0.1) is 0 Å². The molecule has 0 bridgehead atoms. The number of rotatable bonds is 8. The highest BCUT2D eigenvalue weighted by atomic mass is 79.9. The first-order valence-corrected chi connectivity index (χ1v) is 15.6. The van der Waals surface area contributed by atoms with E-state index in [0.29, 0.717) is 37.9 Å². The third-order valence-corrected chi connectivity index (χ3v) is 9.30. The lowest BCUT2D eigenvalue weighted by molar-refractivity contribution is 0.0610. The molecule has 0 saturated heterocycles. The number of amides is 2. The molecule has 0 spiro atoms. The van der Waals surface area contributed by atoms with E-state index >= 15 is 0 Å². The van der Waals surface area contributed by atoms with Gasteiger partial charge in [0.05, 0.1) is 42.2 Å². The van der Waals surface area contributed by atoms with E-state index in [2.05, 4.69) is 21.2 Å². The monoisotopic (exact) mass is 678 g/mol. The van der Waals surface area contributed by atoms with Gasteiger partial charge < -0.3 is 19.7 Å². The van der Waals surface area contributed by atoms with E-state index in [1.807, 2.05) is 50.2 Å². The number of carbonyl (C=O) groups is 2. The molecule has 44 heavy (non-hydrogen) atoms. The molecule has 2 aliphatic rings. The summed E-state index contributed by atoms with van der Waals surface area (Å²) in [4.78, 5) is 43.5. The van der Waals surface area contributed by atoms with Crippen molar-refractivity contribution in [2.75, 3.05) is 7.11 Å². The first-order chi connectivity index (χ1) is 21.1. The molecule has 1 aliphatic carbocycles. The minimum atomic E-state index is -0.425. The maximum Gasteiger partial charge on any atom is 0.333 e. The molecule has 3 aromatic carbocycles. The fraction of sp³-hybridized carbons (Fsp3) is 0.303. The summed E-state index contributed by atoms with van der Waals surface area (Å²) in [6.07, 6.45) is 2.30. The first kappa shape index (κ1) is 30.0. The summed E-state index contributed by atoms with van der Waals surface area (Å²) in [6.45, 7) is 4.07. The van der Waals surface area contributed by atoms with Crippen LogP contribution in [0.2, 0.25) is 5.02 Å². The zero-order valence-electron chi connectivity index (χ0n) is 24.6. The summed E-state index contributed by atoms with van der Waals surface area (Å²) in [7, 11) is 1.60. The van der Waals surface area contributed by atoms with Crippen LogP contribution in [0.3, 0.4) is 0 Å². The minimum Gasteiger partial charge on any atom is -0.497 e. The number of imidazole rings is 1. The number of nitrogens with one attached hydrogen (secondary N) is 1. The Hall–Kier alpha value is -4.02. The lowest BCUT2D eigenvalue weighted by atomic mass is 10.1. The van der Waals surface area contributed by atoms with Crippen LogP contribution in [0.4, 0.5) is 0 Å². The number of hydrogen-bond acceptors (Lipinski definition) is 5. The van der Waals surface area contributed by atoms with Crippen LogP contribution in [-0.4, -0.2) is 45.1 Å². The Morgan fingerprint density at radius 1 is 1.02 bits per heavy atom. The van der Waals surface area contributed by atoms with E-state index in [0.717, 1.165) is 18.4 Å². The second-order valence-electron chi connectivity index (χ2n) is 11.2. The van der Waals surface area contributed by atoms with Crippen LogP contribution in [0.1, 0.15) is 64.8 Å². The molecule has 2 amide bonds. The van der Waals surface area contributed by atoms with Crippen molar-refractivity contribution in [1.29, 1.82) is 0 Å². The quantitative estimate of drug-likeness (QED) is 0.242. The summed E-state index contributed by atoms with van der Waals surface area (Å²) in [6, 6.07) is 19.0. The van der Waals surface area contributed by atoms with E-state index in [9.17, 15) is 14.4 Å². The molecule has 1 N–H and O–H groups in total. The van der Waals surface area contributed by atoms with Crippen LogP contribution in [-0.2, 0) is 13.1 Å². The molecule has 9 nitrogen and oxygen atoms in total. The summed E-state index contributed by atoms with van der Waals surface area (Å²) in [5.74, 6) is 0.762. The van der Waals surface area contributed by atoms with Crippen LogP contribution in [0.15, 0.2) is 76.0 Å². The average molecular weight is 680 g/mol. The van der Waals surface area contributed by atoms with Crippen molar-refractivity contribution in [3.8, 4) is 17.2 Å². The number of methoxy groups -OCH3 is 1. The highest BCUT2D eigenvalue weighted by Gasteiger charge is 2.36. The van der Waals surface area contributed by atoms with Crippen molar-refractivity contribution >= 4 is 39.3 Å². The third kappa shape index (κ3) is 5.88. The van der Waals surface area contributed by atoms with E-state index in [1.165, 1.54) is 4.57 Å². The highest BCUT2D eigenvalue weighted by Crippen LogP contribution is 2.30. The van der Waals surface area contributed by atoms with Crippen molar-refractivity contribution < 1.29 is 19.1 Å². The molecule has 6 rings (SSSR count). The molecule has 2 atom stereocenters. The maximum absolute atomic E-state index is 14.1.